The molecule has 0 amide bonds. The van der Waals surface area contributed by atoms with Crippen LogP contribution in [0.15, 0.2) is 11.1 Å². The Kier molecular flexibility index (Phi) is 2.79. The Labute approximate surface area is 76.8 Å². The summed E-state index contributed by atoms with van der Waals surface area (Å²) in [7, 11) is 2.72. The zero-order chi connectivity index (χ0) is 10.0. The van der Waals surface area contributed by atoms with Crippen molar-refractivity contribution in [2.75, 3.05) is 7.11 Å². The van der Waals surface area contributed by atoms with Gasteiger partial charge < -0.3 is 9.29 Å². The van der Waals surface area contributed by atoms with Gasteiger partial charge in [0.1, 0.15) is 5.69 Å². The van der Waals surface area contributed by atoms with Crippen molar-refractivity contribution in [2.24, 2.45) is 7.05 Å². The Balaban J connectivity index is 3.10. The number of carbonyl (C=O) groups excluding carboxylic acids is 1. The van der Waals surface area contributed by atoms with E-state index in [0.29, 0.717) is 0 Å². The van der Waals surface area contributed by atoms with Crippen LogP contribution in [0.4, 0.5) is 0 Å². The van der Waals surface area contributed by atoms with Crippen molar-refractivity contribution >= 4 is 17.0 Å². The van der Waals surface area contributed by atoms with E-state index in [4.69, 9.17) is 4.55 Å². The van der Waals surface area contributed by atoms with E-state index in [9.17, 15) is 9.00 Å². The summed E-state index contributed by atoms with van der Waals surface area (Å²) in [5.74, 6) is -0.591. The number of aromatic nitrogens is 2. The molecule has 1 aromatic heterocycles. The van der Waals surface area contributed by atoms with Crippen molar-refractivity contribution in [3.8, 4) is 0 Å². The first-order valence-electron chi connectivity index (χ1n) is 3.29. The van der Waals surface area contributed by atoms with Crippen LogP contribution in [0.25, 0.3) is 0 Å². The van der Waals surface area contributed by atoms with E-state index in [2.05, 4.69) is 9.84 Å². The second kappa shape index (κ2) is 3.67. The molecule has 1 N–H and O–H groups in total. The quantitative estimate of drug-likeness (QED) is 0.532. The van der Waals surface area contributed by atoms with Gasteiger partial charge in [-0.1, -0.05) is 0 Å². The van der Waals surface area contributed by atoms with Crippen LogP contribution in [0, 0.1) is 0 Å². The molecule has 1 atom stereocenters. The van der Waals surface area contributed by atoms with Crippen LogP contribution in [0.5, 0.6) is 0 Å². The van der Waals surface area contributed by atoms with E-state index in [1.165, 1.54) is 24.9 Å². The van der Waals surface area contributed by atoms with Crippen LogP contribution in [-0.2, 0) is 22.9 Å². The SMILES string of the molecule is COC(=O)c1cc(S(=O)O)nn1C. The molecule has 0 aromatic carbocycles. The highest BCUT2D eigenvalue weighted by Gasteiger charge is 2.15. The van der Waals surface area contributed by atoms with Gasteiger partial charge in [-0.3, -0.25) is 4.68 Å². The number of methoxy groups -OCH3 is 1. The zero-order valence-corrected chi connectivity index (χ0v) is 7.87. The second-order valence-corrected chi connectivity index (χ2v) is 3.15. The smallest absolute Gasteiger partial charge is 0.356 e. The number of nitrogens with zero attached hydrogens (tertiary/aromatic N) is 2. The molecule has 13 heavy (non-hydrogen) atoms. The molecule has 7 heteroatoms. The van der Waals surface area contributed by atoms with Crippen LogP contribution < -0.4 is 0 Å². The van der Waals surface area contributed by atoms with Crippen molar-refractivity contribution in [3.05, 3.63) is 11.8 Å². The molecule has 0 bridgehead atoms. The van der Waals surface area contributed by atoms with Crippen LogP contribution in [0.3, 0.4) is 0 Å². The third-order valence-corrected chi connectivity index (χ3v) is 1.99. The fraction of sp³-hybridized carbons (Fsp3) is 0.333. The van der Waals surface area contributed by atoms with Crippen molar-refractivity contribution in [2.45, 2.75) is 5.03 Å². The number of rotatable bonds is 2. The summed E-state index contributed by atoms with van der Waals surface area (Å²) >= 11 is -2.18. The van der Waals surface area contributed by atoms with E-state index in [1.807, 2.05) is 0 Å². The predicted molar refractivity (Wildman–Crippen MR) is 43.6 cm³/mol. The highest BCUT2D eigenvalue weighted by Crippen LogP contribution is 2.06. The van der Waals surface area contributed by atoms with Crippen LogP contribution in [0.1, 0.15) is 10.5 Å². The summed E-state index contributed by atoms with van der Waals surface area (Å²) in [5.41, 5.74) is 0.139. The van der Waals surface area contributed by atoms with Crippen molar-refractivity contribution in [3.63, 3.8) is 0 Å². The maximum atomic E-state index is 11.0. The van der Waals surface area contributed by atoms with Gasteiger partial charge in [0.25, 0.3) is 0 Å². The fourth-order valence-electron chi connectivity index (χ4n) is 0.822. The van der Waals surface area contributed by atoms with Crippen molar-refractivity contribution in [1.82, 2.24) is 9.78 Å². The number of hydrogen-bond acceptors (Lipinski definition) is 4. The average molecular weight is 204 g/mol. The Morgan fingerprint density at radius 1 is 1.77 bits per heavy atom. The molecular weight excluding hydrogens is 196 g/mol. The predicted octanol–water partition coefficient (Wildman–Crippen LogP) is -0.213. The largest absolute Gasteiger partial charge is 0.464 e. The Morgan fingerprint density at radius 3 is 2.77 bits per heavy atom. The lowest BCUT2D eigenvalue weighted by Crippen LogP contribution is -2.07. The second-order valence-electron chi connectivity index (χ2n) is 2.23. The summed E-state index contributed by atoms with van der Waals surface area (Å²) in [4.78, 5) is 11.0. The third-order valence-electron chi connectivity index (χ3n) is 1.43. The third kappa shape index (κ3) is 1.93. The van der Waals surface area contributed by atoms with Crippen molar-refractivity contribution in [1.29, 1.82) is 0 Å². The normalized spacial score (nSPS) is 12.5. The molecular formula is C6H8N2O4S. The molecule has 1 unspecified atom stereocenters. The topological polar surface area (TPSA) is 81.4 Å². The van der Waals surface area contributed by atoms with E-state index in [-0.39, 0.29) is 10.7 Å². The minimum atomic E-state index is -2.18. The van der Waals surface area contributed by atoms with Gasteiger partial charge in [-0.15, -0.1) is 0 Å². The maximum absolute atomic E-state index is 11.0. The number of esters is 1. The van der Waals surface area contributed by atoms with Gasteiger partial charge in [0.15, 0.2) is 5.03 Å². The van der Waals surface area contributed by atoms with Crippen LogP contribution in [0.2, 0.25) is 0 Å². The minimum Gasteiger partial charge on any atom is -0.464 e. The summed E-state index contributed by atoms with van der Waals surface area (Å²) < 4.78 is 24.8. The lowest BCUT2D eigenvalue weighted by atomic mass is 10.4. The first-order valence-corrected chi connectivity index (χ1v) is 4.40. The minimum absolute atomic E-state index is 0.0668. The zero-order valence-electron chi connectivity index (χ0n) is 7.05. The first kappa shape index (κ1) is 9.87. The monoisotopic (exact) mass is 204 g/mol. The average Bonchev–Trinajstić information content (AvgIpc) is 2.46. The molecule has 0 fully saturated rings. The first-order chi connectivity index (χ1) is 6.06. The van der Waals surface area contributed by atoms with Gasteiger partial charge in [0.05, 0.1) is 7.11 Å². The molecule has 0 spiro atoms. The molecule has 0 saturated carbocycles. The molecule has 0 aliphatic rings. The number of ether oxygens (including phenoxy) is 1. The van der Waals surface area contributed by atoms with Gasteiger partial charge >= 0.3 is 5.97 Å². The van der Waals surface area contributed by atoms with Gasteiger partial charge in [-0.05, 0) is 0 Å². The van der Waals surface area contributed by atoms with E-state index in [0.717, 1.165) is 0 Å². The molecule has 6 nitrogen and oxygen atoms in total. The molecule has 0 aliphatic carbocycles. The number of hydrogen-bond donors (Lipinski definition) is 1. The van der Waals surface area contributed by atoms with Crippen LogP contribution >= 0.6 is 0 Å². The standard InChI is InChI=1S/C6H8N2O4S/c1-8-4(6(9)12-2)3-5(7-8)13(10)11/h3H,1-2H3,(H,10,11). The van der Waals surface area contributed by atoms with E-state index in [1.54, 1.807) is 0 Å². The molecule has 1 rings (SSSR count). The van der Waals surface area contributed by atoms with Gasteiger partial charge in [0, 0.05) is 13.1 Å². The van der Waals surface area contributed by atoms with Crippen molar-refractivity contribution < 1.29 is 18.3 Å². The molecule has 72 valence electrons. The molecule has 0 aliphatic heterocycles. The Morgan fingerprint density at radius 2 is 2.38 bits per heavy atom. The summed E-state index contributed by atoms with van der Waals surface area (Å²) in [5, 5.41) is 3.58. The van der Waals surface area contributed by atoms with Crippen LogP contribution in [-0.4, -0.2) is 31.6 Å². The Bertz CT molecular complexity index is 360. The van der Waals surface area contributed by atoms with E-state index >= 15 is 0 Å². The fourth-order valence-corrected chi connectivity index (χ4v) is 1.23. The lowest BCUT2D eigenvalue weighted by molar-refractivity contribution is 0.0588. The summed E-state index contributed by atoms with van der Waals surface area (Å²) in [6.07, 6.45) is 0. The number of aryl methyl sites for hydroxylation is 1. The molecule has 0 saturated heterocycles. The highest BCUT2D eigenvalue weighted by molar-refractivity contribution is 7.79. The Hall–Kier alpha value is -1.21. The maximum Gasteiger partial charge on any atom is 0.356 e. The molecule has 1 heterocycles. The number of carbonyl (C=O) groups is 1. The summed E-state index contributed by atoms with van der Waals surface area (Å²) in [6, 6.07) is 1.21. The molecule has 1 aromatic rings. The summed E-state index contributed by atoms with van der Waals surface area (Å²) in [6.45, 7) is 0. The highest BCUT2D eigenvalue weighted by atomic mass is 32.2. The van der Waals surface area contributed by atoms with Gasteiger partial charge in [-0.25, -0.2) is 9.00 Å². The van der Waals surface area contributed by atoms with E-state index < -0.39 is 17.0 Å². The van der Waals surface area contributed by atoms with Gasteiger partial charge in [-0.2, -0.15) is 5.10 Å². The lowest BCUT2D eigenvalue weighted by Gasteiger charge is -1.96. The molecule has 0 radical (unpaired) electrons. The van der Waals surface area contributed by atoms with Gasteiger partial charge in [0.2, 0.25) is 11.1 Å².